The first kappa shape index (κ1) is 15.5. The molecule has 0 radical (unpaired) electrons. The van der Waals surface area contributed by atoms with Gasteiger partial charge in [0.15, 0.2) is 0 Å². The fourth-order valence-electron chi connectivity index (χ4n) is 2.44. The van der Waals surface area contributed by atoms with Gasteiger partial charge in [-0.05, 0) is 38.5 Å². The molecule has 0 amide bonds. The van der Waals surface area contributed by atoms with E-state index in [1.807, 2.05) is 6.92 Å². The van der Waals surface area contributed by atoms with Gasteiger partial charge in [0.05, 0.1) is 4.90 Å². The molecule has 0 bridgehead atoms. The number of rotatable bonds is 7. The van der Waals surface area contributed by atoms with E-state index in [1.165, 1.54) is 0 Å². The van der Waals surface area contributed by atoms with E-state index in [1.54, 1.807) is 12.3 Å². The standard InChI is InChI=1S/C13H24N4O2S/c1-3-14-8-12-6-13(9-15-12)20(18,19)16-7-11-4-5-17(2)10-11/h6,9,11,14-16H,3-5,7-8,10H2,1-2H3. The second-order valence-electron chi connectivity index (χ2n) is 5.41. The lowest BCUT2D eigenvalue weighted by Crippen LogP contribution is -2.30. The topological polar surface area (TPSA) is 77.2 Å². The Hall–Kier alpha value is -0.890. The Morgan fingerprint density at radius 1 is 1.50 bits per heavy atom. The van der Waals surface area contributed by atoms with Crippen molar-refractivity contribution in [2.24, 2.45) is 5.92 Å². The molecule has 0 spiro atoms. The molecule has 0 aromatic carbocycles. The third kappa shape index (κ3) is 4.05. The molecule has 1 saturated heterocycles. The van der Waals surface area contributed by atoms with Gasteiger partial charge >= 0.3 is 0 Å². The van der Waals surface area contributed by atoms with Crippen molar-refractivity contribution < 1.29 is 8.42 Å². The van der Waals surface area contributed by atoms with Crippen LogP contribution in [0, 0.1) is 5.92 Å². The monoisotopic (exact) mass is 300 g/mol. The molecule has 1 aliphatic heterocycles. The summed E-state index contributed by atoms with van der Waals surface area (Å²) in [7, 11) is -1.33. The highest BCUT2D eigenvalue weighted by Crippen LogP contribution is 2.15. The lowest BCUT2D eigenvalue weighted by molar-refractivity contribution is 0.394. The zero-order valence-corrected chi connectivity index (χ0v) is 13.0. The number of nitrogens with zero attached hydrogens (tertiary/aromatic N) is 1. The number of aromatic nitrogens is 1. The summed E-state index contributed by atoms with van der Waals surface area (Å²) < 4.78 is 27.1. The zero-order valence-electron chi connectivity index (χ0n) is 12.1. The maximum atomic E-state index is 12.2. The summed E-state index contributed by atoms with van der Waals surface area (Å²) in [4.78, 5) is 5.53. The van der Waals surface area contributed by atoms with Crippen LogP contribution in [0.25, 0.3) is 0 Å². The number of likely N-dealkylation sites (tertiary alicyclic amines) is 1. The minimum Gasteiger partial charge on any atom is -0.363 e. The zero-order chi connectivity index (χ0) is 14.6. The summed E-state index contributed by atoms with van der Waals surface area (Å²) in [6, 6.07) is 1.69. The van der Waals surface area contributed by atoms with Gasteiger partial charge < -0.3 is 15.2 Å². The predicted molar refractivity (Wildman–Crippen MR) is 79.0 cm³/mol. The Labute approximate surface area is 121 Å². The van der Waals surface area contributed by atoms with Crippen LogP contribution >= 0.6 is 0 Å². The van der Waals surface area contributed by atoms with Crippen LogP contribution in [0.15, 0.2) is 17.2 Å². The maximum absolute atomic E-state index is 12.2. The number of H-pyrrole nitrogens is 1. The highest BCUT2D eigenvalue weighted by Gasteiger charge is 2.22. The lowest BCUT2D eigenvalue weighted by Gasteiger charge is -2.11. The van der Waals surface area contributed by atoms with Crippen molar-refractivity contribution in [1.29, 1.82) is 0 Å². The summed E-state index contributed by atoms with van der Waals surface area (Å²) in [5, 5.41) is 3.16. The number of nitrogens with one attached hydrogen (secondary N) is 3. The molecule has 7 heteroatoms. The van der Waals surface area contributed by atoms with Gasteiger partial charge in [-0.25, -0.2) is 13.1 Å². The first-order valence-corrected chi connectivity index (χ1v) is 8.56. The van der Waals surface area contributed by atoms with E-state index >= 15 is 0 Å². The summed E-state index contributed by atoms with van der Waals surface area (Å²) in [6.45, 7) is 6.04. The average molecular weight is 300 g/mol. The fourth-order valence-corrected chi connectivity index (χ4v) is 3.57. The van der Waals surface area contributed by atoms with Gasteiger partial charge in [0.1, 0.15) is 0 Å². The average Bonchev–Trinajstić information content (AvgIpc) is 3.03. The molecule has 1 fully saturated rings. The molecule has 1 aromatic heterocycles. The van der Waals surface area contributed by atoms with Crippen LogP contribution < -0.4 is 10.0 Å². The Morgan fingerprint density at radius 3 is 2.95 bits per heavy atom. The van der Waals surface area contributed by atoms with Crippen LogP contribution in [-0.2, 0) is 16.6 Å². The molecule has 1 unspecified atom stereocenters. The third-order valence-corrected chi connectivity index (χ3v) is 5.05. The molecule has 20 heavy (non-hydrogen) atoms. The summed E-state index contributed by atoms with van der Waals surface area (Å²) in [5.41, 5.74) is 0.882. The normalized spacial score (nSPS) is 20.6. The van der Waals surface area contributed by atoms with Gasteiger partial charge in [0.2, 0.25) is 10.0 Å². The van der Waals surface area contributed by atoms with E-state index in [9.17, 15) is 8.42 Å². The molecule has 1 aliphatic rings. The Morgan fingerprint density at radius 2 is 2.30 bits per heavy atom. The van der Waals surface area contributed by atoms with Crippen LogP contribution in [-0.4, -0.2) is 51.5 Å². The van der Waals surface area contributed by atoms with Crippen molar-refractivity contribution in [2.45, 2.75) is 24.8 Å². The first-order chi connectivity index (χ1) is 9.51. The molecule has 2 heterocycles. The minimum atomic E-state index is -3.40. The van der Waals surface area contributed by atoms with Gasteiger partial charge in [-0.2, -0.15) is 0 Å². The molecule has 6 nitrogen and oxygen atoms in total. The summed E-state index contributed by atoms with van der Waals surface area (Å²) in [6.07, 6.45) is 2.60. The lowest BCUT2D eigenvalue weighted by atomic mass is 10.1. The minimum absolute atomic E-state index is 0.316. The maximum Gasteiger partial charge on any atom is 0.242 e. The van der Waals surface area contributed by atoms with Gasteiger partial charge in [-0.3, -0.25) is 0 Å². The second-order valence-corrected chi connectivity index (χ2v) is 7.18. The van der Waals surface area contributed by atoms with E-state index < -0.39 is 10.0 Å². The SMILES string of the molecule is CCNCc1cc(S(=O)(=O)NCC2CCN(C)C2)c[nH]1. The Balaban J connectivity index is 1.90. The molecule has 2 rings (SSSR count). The van der Waals surface area contributed by atoms with Crippen LogP contribution in [0.1, 0.15) is 19.0 Å². The first-order valence-electron chi connectivity index (χ1n) is 7.07. The van der Waals surface area contributed by atoms with Crippen molar-refractivity contribution in [1.82, 2.24) is 19.9 Å². The molecule has 1 atom stereocenters. The van der Waals surface area contributed by atoms with Crippen LogP contribution in [0.4, 0.5) is 0 Å². The highest BCUT2D eigenvalue weighted by molar-refractivity contribution is 7.89. The summed E-state index contributed by atoms with van der Waals surface area (Å²) in [5.74, 6) is 0.412. The quantitative estimate of drug-likeness (QED) is 0.679. The van der Waals surface area contributed by atoms with E-state index in [-0.39, 0.29) is 0 Å². The predicted octanol–water partition coefficient (Wildman–Crippen LogP) is 0.354. The number of sulfonamides is 1. The second kappa shape index (κ2) is 6.71. The van der Waals surface area contributed by atoms with Gasteiger partial charge in [0, 0.05) is 31.5 Å². The van der Waals surface area contributed by atoms with E-state index in [4.69, 9.17) is 0 Å². The number of hydrogen-bond donors (Lipinski definition) is 3. The van der Waals surface area contributed by atoms with Gasteiger partial charge in [0.25, 0.3) is 0 Å². The molecular weight excluding hydrogens is 276 g/mol. The van der Waals surface area contributed by atoms with Gasteiger partial charge in [-0.15, -0.1) is 0 Å². The fraction of sp³-hybridized carbons (Fsp3) is 0.692. The van der Waals surface area contributed by atoms with Crippen molar-refractivity contribution in [3.05, 3.63) is 18.0 Å². The van der Waals surface area contributed by atoms with Crippen molar-refractivity contribution in [3.63, 3.8) is 0 Å². The molecule has 114 valence electrons. The Kier molecular flexibility index (Phi) is 5.20. The van der Waals surface area contributed by atoms with Crippen molar-refractivity contribution in [3.8, 4) is 0 Å². The summed E-state index contributed by atoms with van der Waals surface area (Å²) >= 11 is 0. The van der Waals surface area contributed by atoms with Crippen LogP contribution in [0.2, 0.25) is 0 Å². The van der Waals surface area contributed by atoms with Crippen molar-refractivity contribution >= 4 is 10.0 Å². The van der Waals surface area contributed by atoms with E-state index in [0.717, 1.165) is 31.7 Å². The largest absolute Gasteiger partial charge is 0.363 e. The van der Waals surface area contributed by atoms with Gasteiger partial charge in [-0.1, -0.05) is 6.92 Å². The van der Waals surface area contributed by atoms with Crippen molar-refractivity contribution in [2.75, 3.05) is 33.2 Å². The Bertz CT molecular complexity index is 526. The smallest absolute Gasteiger partial charge is 0.242 e. The molecule has 0 saturated carbocycles. The van der Waals surface area contributed by atoms with Crippen LogP contribution in [0.5, 0.6) is 0 Å². The highest BCUT2D eigenvalue weighted by atomic mass is 32.2. The number of hydrogen-bond acceptors (Lipinski definition) is 4. The molecule has 1 aromatic rings. The van der Waals surface area contributed by atoms with Crippen LogP contribution in [0.3, 0.4) is 0 Å². The molecular formula is C13H24N4O2S. The number of aromatic amines is 1. The molecule has 3 N–H and O–H groups in total. The molecule has 0 aliphatic carbocycles. The van der Waals surface area contributed by atoms with E-state index in [2.05, 4.69) is 27.0 Å². The third-order valence-electron chi connectivity index (χ3n) is 3.64. The van der Waals surface area contributed by atoms with E-state index in [0.29, 0.717) is 23.9 Å².